The van der Waals surface area contributed by atoms with E-state index in [-0.39, 0.29) is 0 Å². The number of nitrogens with zero attached hydrogens (tertiary/aromatic N) is 4. The number of pyridine rings is 1. The Morgan fingerprint density at radius 2 is 2.14 bits per heavy atom. The summed E-state index contributed by atoms with van der Waals surface area (Å²) in [6, 6.07) is 6.05. The van der Waals surface area contributed by atoms with Gasteiger partial charge in [0.05, 0.1) is 4.47 Å². The van der Waals surface area contributed by atoms with Crippen LogP contribution in [0.2, 0.25) is 0 Å². The van der Waals surface area contributed by atoms with Crippen LogP contribution in [0.15, 0.2) is 35.1 Å². The molecule has 21 heavy (non-hydrogen) atoms. The molecule has 1 saturated heterocycles. The molecule has 2 aromatic heterocycles. The SMILES string of the molecule is Cc1cccc(NCC2CCN(c3ncc(Br)cn3)C2)n1. The van der Waals surface area contributed by atoms with Crippen LogP contribution in [0.4, 0.5) is 11.8 Å². The third-order valence-electron chi connectivity index (χ3n) is 3.64. The van der Waals surface area contributed by atoms with Crippen LogP contribution in [0, 0.1) is 12.8 Å². The van der Waals surface area contributed by atoms with E-state index in [1.165, 1.54) is 0 Å². The van der Waals surface area contributed by atoms with Crippen molar-refractivity contribution < 1.29 is 0 Å². The first-order chi connectivity index (χ1) is 10.2. The van der Waals surface area contributed by atoms with Crippen molar-refractivity contribution in [3.8, 4) is 0 Å². The summed E-state index contributed by atoms with van der Waals surface area (Å²) in [5.41, 5.74) is 1.04. The molecule has 0 radical (unpaired) electrons. The maximum atomic E-state index is 4.47. The average Bonchev–Trinajstić information content (AvgIpc) is 2.95. The van der Waals surface area contributed by atoms with Crippen LogP contribution in [-0.2, 0) is 0 Å². The number of hydrogen-bond donors (Lipinski definition) is 1. The van der Waals surface area contributed by atoms with E-state index in [1.807, 2.05) is 25.1 Å². The Bertz CT molecular complexity index is 601. The van der Waals surface area contributed by atoms with Gasteiger partial charge in [-0.1, -0.05) is 6.07 Å². The van der Waals surface area contributed by atoms with Gasteiger partial charge in [0.1, 0.15) is 5.82 Å². The highest BCUT2D eigenvalue weighted by molar-refractivity contribution is 9.10. The molecule has 1 aliphatic heterocycles. The van der Waals surface area contributed by atoms with Gasteiger partial charge in [0, 0.05) is 37.7 Å². The molecule has 0 saturated carbocycles. The first-order valence-corrected chi connectivity index (χ1v) is 7.90. The van der Waals surface area contributed by atoms with Crippen molar-refractivity contribution in [2.45, 2.75) is 13.3 Å². The van der Waals surface area contributed by atoms with Gasteiger partial charge in [-0.15, -0.1) is 0 Å². The second-order valence-electron chi connectivity index (χ2n) is 5.35. The maximum Gasteiger partial charge on any atom is 0.225 e. The Balaban J connectivity index is 1.54. The Kier molecular flexibility index (Phi) is 4.34. The van der Waals surface area contributed by atoms with Crippen LogP contribution in [0.5, 0.6) is 0 Å². The second-order valence-corrected chi connectivity index (χ2v) is 6.26. The molecule has 0 aliphatic carbocycles. The zero-order chi connectivity index (χ0) is 14.7. The summed E-state index contributed by atoms with van der Waals surface area (Å²) in [6.07, 6.45) is 4.74. The van der Waals surface area contributed by atoms with Crippen LogP contribution in [0.3, 0.4) is 0 Å². The molecule has 1 N–H and O–H groups in total. The fourth-order valence-electron chi connectivity index (χ4n) is 2.54. The van der Waals surface area contributed by atoms with Gasteiger partial charge in [-0.25, -0.2) is 15.0 Å². The summed E-state index contributed by atoms with van der Waals surface area (Å²) >= 11 is 3.36. The summed E-state index contributed by atoms with van der Waals surface area (Å²) in [7, 11) is 0. The zero-order valence-corrected chi connectivity index (χ0v) is 13.5. The van der Waals surface area contributed by atoms with Gasteiger partial charge in [-0.05, 0) is 47.3 Å². The van der Waals surface area contributed by atoms with Gasteiger partial charge >= 0.3 is 0 Å². The third kappa shape index (κ3) is 3.69. The normalized spacial score (nSPS) is 18.0. The Labute approximate surface area is 133 Å². The van der Waals surface area contributed by atoms with Crippen LogP contribution in [0.25, 0.3) is 0 Å². The molecule has 110 valence electrons. The number of halogens is 1. The van der Waals surface area contributed by atoms with Gasteiger partial charge < -0.3 is 10.2 Å². The standard InChI is InChI=1S/C15H18BrN5/c1-11-3-2-4-14(20-11)17-7-12-5-6-21(10-12)15-18-8-13(16)9-19-15/h2-4,8-9,12H,5-7,10H2,1H3,(H,17,20). The molecule has 1 fully saturated rings. The molecule has 3 rings (SSSR count). The molecule has 0 amide bonds. The summed E-state index contributed by atoms with van der Waals surface area (Å²) in [4.78, 5) is 15.4. The van der Waals surface area contributed by atoms with Gasteiger partial charge in [-0.2, -0.15) is 0 Å². The van der Waals surface area contributed by atoms with Crippen molar-refractivity contribution >= 4 is 27.7 Å². The van der Waals surface area contributed by atoms with Crippen molar-refractivity contribution in [1.29, 1.82) is 0 Å². The predicted molar refractivity (Wildman–Crippen MR) is 87.5 cm³/mol. The van der Waals surface area contributed by atoms with Crippen molar-refractivity contribution in [1.82, 2.24) is 15.0 Å². The van der Waals surface area contributed by atoms with E-state index in [4.69, 9.17) is 0 Å². The van der Waals surface area contributed by atoms with E-state index in [2.05, 4.69) is 41.1 Å². The minimum absolute atomic E-state index is 0.597. The minimum Gasteiger partial charge on any atom is -0.370 e. The average molecular weight is 348 g/mol. The maximum absolute atomic E-state index is 4.47. The van der Waals surface area contributed by atoms with E-state index >= 15 is 0 Å². The summed E-state index contributed by atoms with van der Waals surface area (Å²) in [6.45, 7) is 4.94. The second kappa shape index (κ2) is 6.39. The van der Waals surface area contributed by atoms with Crippen molar-refractivity contribution in [3.63, 3.8) is 0 Å². The highest BCUT2D eigenvalue weighted by atomic mass is 79.9. The smallest absolute Gasteiger partial charge is 0.225 e. The van der Waals surface area contributed by atoms with Gasteiger partial charge in [0.25, 0.3) is 0 Å². The molecule has 3 heterocycles. The number of anilines is 2. The fraction of sp³-hybridized carbons (Fsp3) is 0.400. The van der Waals surface area contributed by atoms with Gasteiger partial charge in [0.2, 0.25) is 5.95 Å². The lowest BCUT2D eigenvalue weighted by Crippen LogP contribution is -2.24. The lowest BCUT2D eigenvalue weighted by Gasteiger charge is -2.16. The van der Waals surface area contributed by atoms with Crippen LogP contribution in [0.1, 0.15) is 12.1 Å². The molecule has 5 nitrogen and oxygen atoms in total. The molecule has 6 heteroatoms. The molecular weight excluding hydrogens is 330 g/mol. The monoisotopic (exact) mass is 347 g/mol. The quantitative estimate of drug-likeness (QED) is 0.921. The topological polar surface area (TPSA) is 53.9 Å². The molecule has 0 aromatic carbocycles. The highest BCUT2D eigenvalue weighted by Crippen LogP contribution is 2.21. The lowest BCUT2D eigenvalue weighted by atomic mass is 10.1. The van der Waals surface area contributed by atoms with E-state index in [0.717, 1.165) is 48.0 Å². The molecule has 1 atom stereocenters. The molecule has 0 bridgehead atoms. The van der Waals surface area contributed by atoms with Crippen LogP contribution >= 0.6 is 15.9 Å². The Hall–Kier alpha value is -1.69. The number of aromatic nitrogens is 3. The van der Waals surface area contributed by atoms with Crippen LogP contribution in [-0.4, -0.2) is 34.6 Å². The fourth-order valence-corrected chi connectivity index (χ4v) is 2.74. The third-order valence-corrected chi connectivity index (χ3v) is 4.05. The first-order valence-electron chi connectivity index (χ1n) is 7.11. The molecule has 1 unspecified atom stereocenters. The number of nitrogens with one attached hydrogen (secondary N) is 1. The molecule has 2 aromatic rings. The summed E-state index contributed by atoms with van der Waals surface area (Å²) < 4.78 is 0.911. The lowest BCUT2D eigenvalue weighted by molar-refractivity contribution is 0.620. The predicted octanol–water partition coefficient (Wildman–Crippen LogP) is 2.88. The molecule has 1 aliphatic rings. The molecular formula is C15H18BrN5. The zero-order valence-electron chi connectivity index (χ0n) is 12.0. The number of rotatable bonds is 4. The minimum atomic E-state index is 0.597. The number of aryl methyl sites for hydroxylation is 1. The Morgan fingerprint density at radius 1 is 1.33 bits per heavy atom. The highest BCUT2D eigenvalue weighted by Gasteiger charge is 2.24. The van der Waals surface area contributed by atoms with Crippen molar-refractivity contribution in [2.75, 3.05) is 29.9 Å². The summed E-state index contributed by atoms with van der Waals surface area (Å²) in [5.74, 6) is 2.36. The molecule has 0 spiro atoms. The van der Waals surface area contributed by atoms with E-state index < -0.39 is 0 Å². The first kappa shape index (κ1) is 14.3. The number of hydrogen-bond acceptors (Lipinski definition) is 5. The van der Waals surface area contributed by atoms with Gasteiger partial charge in [0.15, 0.2) is 0 Å². The largest absolute Gasteiger partial charge is 0.370 e. The summed E-state index contributed by atoms with van der Waals surface area (Å²) in [5, 5.41) is 3.42. The van der Waals surface area contributed by atoms with E-state index in [1.54, 1.807) is 12.4 Å². The van der Waals surface area contributed by atoms with Crippen molar-refractivity contribution in [3.05, 3.63) is 40.8 Å². The van der Waals surface area contributed by atoms with Crippen molar-refractivity contribution in [2.24, 2.45) is 5.92 Å². The van der Waals surface area contributed by atoms with Crippen LogP contribution < -0.4 is 10.2 Å². The van der Waals surface area contributed by atoms with Gasteiger partial charge in [-0.3, -0.25) is 0 Å². The van der Waals surface area contributed by atoms with E-state index in [9.17, 15) is 0 Å². The Morgan fingerprint density at radius 3 is 2.90 bits per heavy atom. The van der Waals surface area contributed by atoms with E-state index in [0.29, 0.717) is 5.92 Å².